The lowest BCUT2D eigenvalue weighted by atomic mass is 10.1. The zero-order chi connectivity index (χ0) is 9.84. The fourth-order valence-corrected chi connectivity index (χ4v) is 1.18. The molecule has 0 aliphatic carbocycles. The average Bonchev–Trinajstić information content (AvgIpc) is 2.13. The van der Waals surface area contributed by atoms with Crippen LogP contribution in [0.5, 0.6) is 17.2 Å². The van der Waals surface area contributed by atoms with Gasteiger partial charge in [-0.25, -0.2) is 0 Å². The molecule has 72 valence electrons. The Labute approximate surface area is 77.3 Å². The first-order valence-corrected chi connectivity index (χ1v) is 4.39. The molecule has 3 heteroatoms. The van der Waals surface area contributed by atoms with Crippen LogP contribution >= 0.6 is 0 Å². The molecule has 0 unspecified atom stereocenters. The molecule has 13 heavy (non-hydrogen) atoms. The molecule has 0 aliphatic rings. The van der Waals surface area contributed by atoms with Crippen molar-refractivity contribution in [2.75, 3.05) is 0 Å². The lowest BCUT2D eigenvalue weighted by Gasteiger charge is -2.06. The van der Waals surface area contributed by atoms with Crippen LogP contribution in [0.2, 0.25) is 0 Å². The summed E-state index contributed by atoms with van der Waals surface area (Å²) < 4.78 is 0. The van der Waals surface area contributed by atoms with Crippen LogP contribution in [-0.2, 0) is 6.42 Å². The van der Waals surface area contributed by atoms with E-state index < -0.39 is 5.75 Å². The van der Waals surface area contributed by atoms with Crippen LogP contribution in [0.3, 0.4) is 0 Å². The van der Waals surface area contributed by atoms with Crippen LogP contribution in [0, 0.1) is 0 Å². The summed E-state index contributed by atoms with van der Waals surface area (Å²) in [6.07, 6.45) is 2.70. The molecule has 1 aromatic carbocycles. The Balaban J connectivity index is 2.90. The van der Waals surface area contributed by atoms with Gasteiger partial charge < -0.3 is 15.3 Å². The Hall–Kier alpha value is -1.38. The standard InChI is InChI=1S/C10H14O3/c1-2-3-4-7-5-6-8(11)10(13)9(7)12/h5-6,11-13H,2-4H2,1H3. The highest BCUT2D eigenvalue weighted by Gasteiger charge is 2.09. The molecule has 0 radical (unpaired) electrons. The molecule has 3 nitrogen and oxygen atoms in total. The van der Waals surface area contributed by atoms with E-state index in [9.17, 15) is 10.2 Å². The molecular weight excluding hydrogens is 168 g/mol. The van der Waals surface area contributed by atoms with Crippen LogP contribution < -0.4 is 0 Å². The molecule has 0 saturated carbocycles. The Kier molecular flexibility index (Phi) is 3.01. The minimum absolute atomic E-state index is 0.201. The largest absolute Gasteiger partial charge is 0.504 e. The Bertz CT molecular complexity index is 294. The Morgan fingerprint density at radius 2 is 1.77 bits per heavy atom. The summed E-state index contributed by atoms with van der Waals surface area (Å²) in [5, 5.41) is 27.6. The normalized spacial score (nSPS) is 10.2. The van der Waals surface area contributed by atoms with Gasteiger partial charge in [-0.3, -0.25) is 0 Å². The van der Waals surface area contributed by atoms with Gasteiger partial charge in [0.05, 0.1) is 0 Å². The van der Waals surface area contributed by atoms with Crippen molar-refractivity contribution in [3.8, 4) is 17.2 Å². The monoisotopic (exact) mass is 182 g/mol. The van der Waals surface area contributed by atoms with Gasteiger partial charge in [0, 0.05) is 0 Å². The summed E-state index contributed by atoms with van der Waals surface area (Å²) in [4.78, 5) is 0. The second kappa shape index (κ2) is 4.03. The van der Waals surface area contributed by atoms with Crippen molar-refractivity contribution in [1.82, 2.24) is 0 Å². The number of hydrogen-bond acceptors (Lipinski definition) is 3. The van der Waals surface area contributed by atoms with E-state index in [1.807, 2.05) is 0 Å². The number of unbranched alkanes of at least 4 members (excludes halogenated alkanes) is 1. The first-order chi connectivity index (χ1) is 6.16. The van der Waals surface area contributed by atoms with Gasteiger partial charge in [0.15, 0.2) is 11.5 Å². The summed E-state index contributed by atoms with van der Waals surface area (Å²) in [6.45, 7) is 2.05. The van der Waals surface area contributed by atoms with Gasteiger partial charge in [-0.2, -0.15) is 0 Å². The molecule has 0 fully saturated rings. The van der Waals surface area contributed by atoms with Crippen LogP contribution in [0.1, 0.15) is 25.3 Å². The molecule has 0 saturated heterocycles. The second-order valence-corrected chi connectivity index (χ2v) is 3.04. The zero-order valence-corrected chi connectivity index (χ0v) is 7.62. The van der Waals surface area contributed by atoms with Gasteiger partial charge in [-0.05, 0) is 24.5 Å². The van der Waals surface area contributed by atoms with Crippen molar-refractivity contribution in [3.05, 3.63) is 17.7 Å². The van der Waals surface area contributed by atoms with Crippen LogP contribution in [0.15, 0.2) is 12.1 Å². The van der Waals surface area contributed by atoms with E-state index in [0.717, 1.165) is 19.3 Å². The highest BCUT2D eigenvalue weighted by Crippen LogP contribution is 2.37. The zero-order valence-electron chi connectivity index (χ0n) is 7.62. The molecule has 0 atom stereocenters. The third-order valence-electron chi connectivity index (χ3n) is 2.01. The summed E-state index contributed by atoms with van der Waals surface area (Å²) in [5.41, 5.74) is 0.678. The Morgan fingerprint density at radius 3 is 2.38 bits per heavy atom. The SMILES string of the molecule is CCCCc1ccc(O)c(O)c1O. The second-order valence-electron chi connectivity index (χ2n) is 3.04. The summed E-state index contributed by atoms with van der Waals surface area (Å²) in [6, 6.07) is 3.01. The maximum Gasteiger partial charge on any atom is 0.200 e. The van der Waals surface area contributed by atoms with Crippen LogP contribution in [0.4, 0.5) is 0 Å². The van der Waals surface area contributed by atoms with E-state index in [-0.39, 0.29) is 11.5 Å². The molecule has 0 aliphatic heterocycles. The van der Waals surface area contributed by atoms with Crippen molar-refractivity contribution in [1.29, 1.82) is 0 Å². The number of aromatic hydroxyl groups is 3. The Morgan fingerprint density at radius 1 is 1.08 bits per heavy atom. The van der Waals surface area contributed by atoms with Crippen molar-refractivity contribution in [3.63, 3.8) is 0 Å². The molecule has 0 heterocycles. The summed E-state index contributed by atoms with van der Waals surface area (Å²) in [7, 11) is 0. The van der Waals surface area contributed by atoms with Gasteiger partial charge in [-0.1, -0.05) is 19.4 Å². The minimum atomic E-state index is -0.423. The van der Waals surface area contributed by atoms with Gasteiger partial charge in [0.1, 0.15) is 0 Å². The van der Waals surface area contributed by atoms with Gasteiger partial charge in [0.2, 0.25) is 5.75 Å². The van der Waals surface area contributed by atoms with E-state index in [1.54, 1.807) is 6.07 Å². The smallest absolute Gasteiger partial charge is 0.200 e. The van der Waals surface area contributed by atoms with Crippen molar-refractivity contribution < 1.29 is 15.3 Å². The average molecular weight is 182 g/mol. The lowest BCUT2D eigenvalue weighted by molar-refractivity contribution is 0.364. The predicted molar refractivity (Wildman–Crippen MR) is 50.0 cm³/mol. The number of rotatable bonds is 3. The van der Waals surface area contributed by atoms with Crippen molar-refractivity contribution >= 4 is 0 Å². The first-order valence-electron chi connectivity index (χ1n) is 4.39. The summed E-state index contributed by atoms with van der Waals surface area (Å²) >= 11 is 0. The highest BCUT2D eigenvalue weighted by atomic mass is 16.3. The number of hydrogen-bond donors (Lipinski definition) is 3. The van der Waals surface area contributed by atoms with Gasteiger partial charge in [-0.15, -0.1) is 0 Å². The number of benzene rings is 1. The minimum Gasteiger partial charge on any atom is -0.504 e. The molecule has 0 aromatic heterocycles. The molecule has 0 spiro atoms. The van der Waals surface area contributed by atoms with E-state index >= 15 is 0 Å². The maximum atomic E-state index is 9.40. The third kappa shape index (κ3) is 2.05. The van der Waals surface area contributed by atoms with E-state index in [4.69, 9.17) is 5.11 Å². The highest BCUT2D eigenvalue weighted by molar-refractivity contribution is 5.53. The molecule has 0 bridgehead atoms. The van der Waals surface area contributed by atoms with E-state index in [0.29, 0.717) is 5.56 Å². The molecule has 1 rings (SSSR count). The van der Waals surface area contributed by atoms with Crippen molar-refractivity contribution in [2.45, 2.75) is 26.2 Å². The molecule has 3 N–H and O–H groups in total. The first kappa shape index (κ1) is 9.71. The molecule has 1 aromatic rings. The van der Waals surface area contributed by atoms with E-state index in [2.05, 4.69) is 6.92 Å². The summed E-state index contributed by atoms with van der Waals surface area (Å²) in [5.74, 6) is -0.903. The van der Waals surface area contributed by atoms with Crippen LogP contribution in [0.25, 0.3) is 0 Å². The van der Waals surface area contributed by atoms with Gasteiger partial charge in [0.25, 0.3) is 0 Å². The fraction of sp³-hybridized carbons (Fsp3) is 0.400. The number of aryl methyl sites for hydroxylation is 1. The van der Waals surface area contributed by atoms with Crippen LogP contribution in [-0.4, -0.2) is 15.3 Å². The fourth-order valence-electron chi connectivity index (χ4n) is 1.18. The molecule has 0 amide bonds. The maximum absolute atomic E-state index is 9.40. The quantitative estimate of drug-likeness (QED) is 0.627. The topological polar surface area (TPSA) is 60.7 Å². The molecular formula is C10H14O3. The number of phenolic OH excluding ortho intramolecular Hbond substituents is 3. The van der Waals surface area contributed by atoms with Gasteiger partial charge >= 0.3 is 0 Å². The number of phenols is 3. The third-order valence-corrected chi connectivity index (χ3v) is 2.01. The lowest BCUT2D eigenvalue weighted by Crippen LogP contribution is -1.86. The predicted octanol–water partition coefficient (Wildman–Crippen LogP) is 2.15. The van der Waals surface area contributed by atoms with Crippen molar-refractivity contribution in [2.24, 2.45) is 0 Å². The van der Waals surface area contributed by atoms with E-state index in [1.165, 1.54) is 6.07 Å².